The van der Waals surface area contributed by atoms with Crippen LogP contribution >= 0.6 is 0 Å². The van der Waals surface area contributed by atoms with Gasteiger partial charge in [0.1, 0.15) is 5.84 Å². The van der Waals surface area contributed by atoms with Crippen LogP contribution in [0.5, 0.6) is 0 Å². The second-order valence-corrected chi connectivity index (χ2v) is 3.11. The highest BCUT2D eigenvalue weighted by molar-refractivity contribution is 7.79. The zero-order chi connectivity index (χ0) is 9.14. The molecule has 0 aromatic heterocycles. The molecular formula is C7H7N2O2S-. The van der Waals surface area contributed by atoms with Crippen molar-refractivity contribution in [2.24, 2.45) is 5.73 Å². The molecule has 0 amide bonds. The molecule has 0 spiro atoms. The number of rotatable bonds is 2. The first kappa shape index (κ1) is 8.89. The molecule has 12 heavy (non-hydrogen) atoms. The van der Waals surface area contributed by atoms with Crippen LogP contribution < -0.4 is 5.73 Å². The van der Waals surface area contributed by atoms with Crippen LogP contribution in [0.3, 0.4) is 0 Å². The molecule has 1 aromatic rings. The van der Waals surface area contributed by atoms with Crippen molar-refractivity contribution in [2.75, 3.05) is 0 Å². The van der Waals surface area contributed by atoms with Gasteiger partial charge in [-0.1, -0.05) is 12.1 Å². The fraction of sp³-hybridized carbons (Fsp3) is 0. The topological polar surface area (TPSA) is 90.0 Å². The van der Waals surface area contributed by atoms with Crippen molar-refractivity contribution in [3.05, 3.63) is 29.8 Å². The summed E-state index contributed by atoms with van der Waals surface area (Å²) in [5.74, 6) is -0.0711. The summed E-state index contributed by atoms with van der Waals surface area (Å²) < 4.78 is 20.8. The third-order valence-corrected chi connectivity index (χ3v) is 2.01. The molecule has 64 valence electrons. The maximum absolute atomic E-state index is 10.4. The predicted molar refractivity (Wildman–Crippen MR) is 44.6 cm³/mol. The summed E-state index contributed by atoms with van der Waals surface area (Å²) in [4.78, 5) is 0.194. The molecule has 0 heterocycles. The molecule has 0 aliphatic rings. The minimum atomic E-state index is -2.21. The number of hydrogen-bond donors (Lipinski definition) is 2. The SMILES string of the molecule is N=C(N)c1ccc(S(=O)[O-])cc1. The van der Waals surface area contributed by atoms with Gasteiger partial charge in [-0.05, 0) is 23.2 Å². The maximum Gasteiger partial charge on any atom is 0.122 e. The van der Waals surface area contributed by atoms with Gasteiger partial charge >= 0.3 is 0 Å². The summed E-state index contributed by atoms with van der Waals surface area (Å²) in [7, 11) is 0. The first-order valence-electron chi connectivity index (χ1n) is 3.15. The van der Waals surface area contributed by atoms with Crippen LogP contribution in [0.4, 0.5) is 0 Å². The minimum absolute atomic E-state index is 0.0711. The molecule has 5 heteroatoms. The number of benzene rings is 1. The zero-order valence-corrected chi connectivity index (χ0v) is 6.93. The van der Waals surface area contributed by atoms with Gasteiger partial charge in [0.15, 0.2) is 0 Å². The van der Waals surface area contributed by atoms with E-state index >= 15 is 0 Å². The van der Waals surface area contributed by atoms with Crippen molar-refractivity contribution >= 4 is 16.9 Å². The number of nitrogens with one attached hydrogen (secondary N) is 1. The van der Waals surface area contributed by atoms with Crippen molar-refractivity contribution in [3.8, 4) is 0 Å². The molecule has 1 aromatic carbocycles. The molecule has 3 N–H and O–H groups in total. The van der Waals surface area contributed by atoms with Crippen LogP contribution in [0.25, 0.3) is 0 Å². The van der Waals surface area contributed by atoms with Crippen LogP contribution in [0.1, 0.15) is 5.56 Å². The van der Waals surface area contributed by atoms with E-state index in [1.54, 1.807) is 0 Å². The first-order chi connectivity index (χ1) is 5.61. The normalized spacial score (nSPS) is 12.4. The van der Waals surface area contributed by atoms with Gasteiger partial charge < -0.3 is 10.3 Å². The van der Waals surface area contributed by atoms with Crippen molar-refractivity contribution < 1.29 is 8.76 Å². The van der Waals surface area contributed by atoms with E-state index in [-0.39, 0.29) is 10.7 Å². The van der Waals surface area contributed by atoms with E-state index in [4.69, 9.17) is 11.1 Å². The van der Waals surface area contributed by atoms with Crippen LogP contribution in [-0.4, -0.2) is 14.6 Å². The van der Waals surface area contributed by atoms with Crippen molar-refractivity contribution in [3.63, 3.8) is 0 Å². The zero-order valence-electron chi connectivity index (χ0n) is 6.11. The fourth-order valence-corrected chi connectivity index (χ4v) is 1.10. The Balaban J connectivity index is 3.01. The molecule has 1 unspecified atom stereocenters. The Morgan fingerprint density at radius 2 is 1.92 bits per heavy atom. The molecule has 0 fully saturated rings. The van der Waals surface area contributed by atoms with Crippen LogP contribution in [0.2, 0.25) is 0 Å². The van der Waals surface area contributed by atoms with E-state index in [2.05, 4.69) is 0 Å². The first-order valence-corrected chi connectivity index (χ1v) is 4.22. The van der Waals surface area contributed by atoms with Gasteiger partial charge in [-0.2, -0.15) is 0 Å². The van der Waals surface area contributed by atoms with E-state index in [1.807, 2.05) is 0 Å². The second kappa shape index (κ2) is 3.46. The van der Waals surface area contributed by atoms with Gasteiger partial charge in [0.25, 0.3) is 0 Å². The number of nitrogen functional groups attached to an aromatic ring is 1. The predicted octanol–water partition coefficient (Wildman–Crippen LogP) is 0.209. The van der Waals surface area contributed by atoms with Crippen molar-refractivity contribution in [1.29, 1.82) is 5.41 Å². The largest absolute Gasteiger partial charge is 0.768 e. The Labute approximate surface area is 72.2 Å². The third kappa shape index (κ3) is 1.90. The quantitative estimate of drug-likeness (QED) is 0.390. The van der Waals surface area contributed by atoms with Gasteiger partial charge in [-0.15, -0.1) is 0 Å². The Hall–Kier alpha value is -1.20. The Bertz CT molecular complexity index is 288. The standard InChI is InChI=1S/C7H8N2O2S/c8-7(9)5-1-3-6(4-2-5)12(10)11/h1-4H,(H3,8,9)(H,10,11)/p-1. The average molecular weight is 183 g/mol. The number of amidine groups is 1. The van der Waals surface area contributed by atoms with Gasteiger partial charge in [0, 0.05) is 10.5 Å². The lowest BCUT2D eigenvalue weighted by Crippen LogP contribution is -2.10. The average Bonchev–Trinajstić information content (AvgIpc) is 2.04. The molecule has 0 aliphatic heterocycles. The van der Waals surface area contributed by atoms with E-state index < -0.39 is 11.1 Å². The van der Waals surface area contributed by atoms with E-state index in [0.29, 0.717) is 5.56 Å². The highest BCUT2D eigenvalue weighted by Crippen LogP contribution is 2.06. The lowest BCUT2D eigenvalue weighted by Gasteiger charge is -2.04. The summed E-state index contributed by atoms with van der Waals surface area (Å²) in [5, 5.41) is 7.04. The summed E-state index contributed by atoms with van der Waals surface area (Å²) in [5.41, 5.74) is 5.69. The molecule has 0 saturated heterocycles. The summed E-state index contributed by atoms with van der Waals surface area (Å²) in [6, 6.07) is 5.79. The second-order valence-electron chi connectivity index (χ2n) is 2.17. The molecule has 0 saturated carbocycles. The Morgan fingerprint density at radius 1 is 1.42 bits per heavy atom. The molecule has 0 radical (unpaired) electrons. The fourth-order valence-electron chi connectivity index (χ4n) is 0.746. The summed E-state index contributed by atoms with van der Waals surface area (Å²) in [6.45, 7) is 0. The summed E-state index contributed by atoms with van der Waals surface area (Å²) >= 11 is -2.21. The van der Waals surface area contributed by atoms with E-state index in [0.717, 1.165) is 0 Å². The number of nitrogens with two attached hydrogens (primary N) is 1. The molecular weight excluding hydrogens is 176 g/mol. The van der Waals surface area contributed by atoms with Gasteiger partial charge in [-0.3, -0.25) is 9.62 Å². The van der Waals surface area contributed by atoms with Crippen molar-refractivity contribution in [1.82, 2.24) is 0 Å². The molecule has 0 bridgehead atoms. The molecule has 1 rings (SSSR count). The van der Waals surface area contributed by atoms with Crippen molar-refractivity contribution in [2.45, 2.75) is 4.90 Å². The van der Waals surface area contributed by atoms with Crippen LogP contribution in [-0.2, 0) is 11.1 Å². The van der Waals surface area contributed by atoms with Crippen LogP contribution in [0.15, 0.2) is 29.2 Å². The maximum atomic E-state index is 10.4. The van der Waals surface area contributed by atoms with Crippen LogP contribution in [0, 0.1) is 5.41 Å². The van der Waals surface area contributed by atoms with E-state index in [9.17, 15) is 8.76 Å². The highest BCUT2D eigenvalue weighted by atomic mass is 32.2. The number of hydrogen-bond acceptors (Lipinski definition) is 3. The van der Waals surface area contributed by atoms with Gasteiger partial charge in [0.05, 0.1) is 0 Å². The monoisotopic (exact) mass is 183 g/mol. The Kier molecular flexibility index (Phi) is 2.57. The summed E-state index contributed by atoms with van der Waals surface area (Å²) in [6.07, 6.45) is 0. The molecule has 4 nitrogen and oxygen atoms in total. The smallest absolute Gasteiger partial charge is 0.122 e. The van der Waals surface area contributed by atoms with Gasteiger partial charge in [0.2, 0.25) is 0 Å². The van der Waals surface area contributed by atoms with Gasteiger partial charge in [-0.25, -0.2) is 0 Å². The minimum Gasteiger partial charge on any atom is -0.768 e. The van der Waals surface area contributed by atoms with E-state index in [1.165, 1.54) is 24.3 Å². The molecule has 1 atom stereocenters. The lowest BCUT2D eigenvalue weighted by atomic mass is 10.2. The third-order valence-electron chi connectivity index (χ3n) is 1.36. The molecule has 0 aliphatic carbocycles. The lowest BCUT2D eigenvalue weighted by molar-refractivity contribution is 0.537. The highest BCUT2D eigenvalue weighted by Gasteiger charge is 1.95. The Morgan fingerprint density at radius 3 is 2.25 bits per heavy atom.